The molecule has 0 aliphatic carbocycles. The second kappa shape index (κ2) is 8.07. The fraction of sp³-hybridized carbons (Fsp3) is 0.0476. The lowest BCUT2D eigenvalue weighted by atomic mass is 10.1. The minimum Gasteiger partial charge on any atom is -0.426 e. The van der Waals surface area contributed by atoms with Gasteiger partial charge in [-0.3, -0.25) is 9.59 Å². The Kier molecular flexibility index (Phi) is 5.39. The summed E-state index contributed by atoms with van der Waals surface area (Å²) in [7, 11) is 0. The lowest BCUT2D eigenvalue weighted by Gasteiger charge is -2.08. The summed E-state index contributed by atoms with van der Waals surface area (Å²) < 4.78 is 18.8. The molecule has 0 spiro atoms. The molecule has 130 valence electrons. The second-order valence-electron chi connectivity index (χ2n) is 5.59. The maximum Gasteiger partial charge on any atom is 0.315 e. The molecule has 5 heteroatoms. The lowest BCUT2D eigenvalue weighted by Crippen LogP contribution is -2.13. The summed E-state index contributed by atoms with van der Waals surface area (Å²) in [6.07, 6.45) is -0.154. The first kappa shape index (κ1) is 17.4. The quantitative estimate of drug-likeness (QED) is 0.554. The SMILES string of the molecule is O=C(Cc1ccccc1F)Oc1ccc(NC(=O)c2ccccc2)cc1. The number of carbonyl (C=O) groups excluding carboxylic acids is 2. The van der Waals surface area contributed by atoms with E-state index in [2.05, 4.69) is 5.32 Å². The van der Waals surface area contributed by atoms with E-state index in [4.69, 9.17) is 4.74 Å². The topological polar surface area (TPSA) is 55.4 Å². The van der Waals surface area contributed by atoms with Gasteiger partial charge in [0.2, 0.25) is 0 Å². The van der Waals surface area contributed by atoms with Gasteiger partial charge in [0.1, 0.15) is 11.6 Å². The van der Waals surface area contributed by atoms with Gasteiger partial charge in [-0.15, -0.1) is 0 Å². The molecule has 0 aliphatic rings. The van der Waals surface area contributed by atoms with Crippen molar-refractivity contribution in [3.05, 3.63) is 95.8 Å². The first-order chi connectivity index (χ1) is 12.6. The highest BCUT2D eigenvalue weighted by Gasteiger charge is 2.10. The number of hydrogen-bond donors (Lipinski definition) is 1. The monoisotopic (exact) mass is 349 g/mol. The molecule has 26 heavy (non-hydrogen) atoms. The van der Waals surface area contributed by atoms with E-state index in [1.54, 1.807) is 66.7 Å². The molecule has 0 unspecified atom stereocenters. The molecule has 3 rings (SSSR count). The molecular formula is C21H16FNO3. The zero-order valence-corrected chi connectivity index (χ0v) is 13.8. The van der Waals surface area contributed by atoms with Crippen molar-refractivity contribution in [2.24, 2.45) is 0 Å². The van der Waals surface area contributed by atoms with Crippen LogP contribution in [0.3, 0.4) is 0 Å². The molecule has 0 saturated carbocycles. The number of rotatable bonds is 5. The molecule has 0 saturated heterocycles. The Labute approximate surface area is 150 Å². The van der Waals surface area contributed by atoms with Gasteiger partial charge in [-0.05, 0) is 48.0 Å². The van der Waals surface area contributed by atoms with E-state index >= 15 is 0 Å². The Morgan fingerprint density at radius 3 is 2.19 bits per heavy atom. The highest BCUT2D eigenvalue weighted by molar-refractivity contribution is 6.04. The van der Waals surface area contributed by atoms with Gasteiger partial charge >= 0.3 is 5.97 Å². The number of ether oxygens (including phenoxy) is 1. The summed E-state index contributed by atoms with van der Waals surface area (Å²) >= 11 is 0. The van der Waals surface area contributed by atoms with Crippen LogP contribution >= 0.6 is 0 Å². The van der Waals surface area contributed by atoms with Crippen LogP contribution < -0.4 is 10.1 Å². The van der Waals surface area contributed by atoms with E-state index in [0.717, 1.165) is 0 Å². The van der Waals surface area contributed by atoms with Crippen LogP contribution in [-0.2, 0) is 11.2 Å². The first-order valence-corrected chi connectivity index (χ1v) is 8.02. The van der Waals surface area contributed by atoms with Crippen LogP contribution in [0.5, 0.6) is 5.75 Å². The smallest absolute Gasteiger partial charge is 0.315 e. The van der Waals surface area contributed by atoms with Crippen LogP contribution in [0.15, 0.2) is 78.9 Å². The van der Waals surface area contributed by atoms with E-state index in [1.807, 2.05) is 6.07 Å². The normalized spacial score (nSPS) is 10.2. The molecule has 0 radical (unpaired) electrons. The van der Waals surface area contributed by atoms with Crippen molar-refractivity contribution in [1.82, 2.24) is 0 Å². The van der Waals surface area contributed by atoms with Gasteiger partial charge in [-0.25, -0.2) is 4.39 Å². The molecule has 0 fully saturated rings. The summed E-state index contributed by atoms with van der Waals surface area (Å²) in [6, 6.07) is 21.3. The van der Waals surface area contributed by atoms with Crippen LogP contribution in [0.25, 0.3) is 0 Å². The highest BCUT2D eigenvalue weighted by Crippen LogP contribution is 2.17. The summed E-state index contributed by atoms with van der Waals surface area (Å²) in [6.45, 7) is 0. The van der Waals surface area contributed by atoms with E-state index in [1.165, 1.54) is 6.07 Å². The summed E-state index contributed by atoms with van der Waals surface area (Å²) in [4.78, 5) is 24.0. The number of halogens is 1. The highest BCUT2D eigenvalue weighted by atomic mass is 19.1. The third kappa shape index (κ3) is 4.54. The van der Waals surface area contributed by atoms with Crippen molar-refractivity contribution in [2.45, 2.75) is 6.42 Å². The minimum atomic E-state index is -0.559. The van der Waals surface area contributed by atoms with Gasteiger partial charge in [0.25, 0.3) is 5.91 Å². The largest absolute Gasteiger partial charge is 0.426 e. The summed E-state index contributed by atoms with van der Waals surface area (Å²) in [5.74, 6) is -0.904. The standard InChI is InChI=1S/C21H16FNO3/c22-19-9-5-4-8-16(19)14-20(24)26-18-12-10-17(11-13-18)23-21(25)15-6-2-1-3-7-15/h1-13H,14H2,(H,23,25). The summed E-state index contributed by atoms with van der Waals surface area (Å²) in [5, 5.41) is 2.76. The Morgan fingerprint density at radius 1 is 0.846 bits per heavy atom. The molecule has 4 nitrogen and oxygen atoms in total. The maximum atomic E-state index is 13.6. The molecule has 1 N–H and O–H groups in total. The Hall–Kier alpha value is -3.47. The number of benzene rings is 3. The van der Waals surface area contributed by atoms with E-state index < -0.39 is 11.8 Å². The Bertz CT molecular complexity index is 908. The molecule has 3 aromatic carbocycles. The minimum absolute atomic E-state index is 0.154. The van der Waals surface area contributed by atoms with Gasteiger partial charge in [0, 0.05) is 11.3 Å². The van der Waals surface area contributed by atoms with Crippen molar-refractivity contribution in [3.63, 3.8) is 0 Å². The first-order valence-electron chi connectivity index (χ1n) is 8.02. The third-order valence-corrected chi connectivity index (χ3v) is 3.67. The number of carbonyl (C=O) groups is 2. The molecule has 0 bridgehead atoms. The Balaban J connectivity index is 1.58. The lowest BCUT2D eigenvalue weighted by molar-refractivity contribution is -0.133. The fourth-order valence-corrected chi connectivity index (χ4v) is 2.36. The van der Waals surface area contributed by atoms with Gasteiger partial charge in [0.05, 0.1) is 6.42 Å². The van der Waals surface area contributed by atoms with Gasteiger partial charge < -0.3 is 10.1 Å². The van der Waals surface area contributed by atoms with Crippen LogP contribution in [0.2, 0.25) is 0 Å². The molecule has 0 aromatic heterocycles. The third-order valence-electron chi connectivity index (χ3n) is 3.67. The van der Waals surface area contributed by atoms with Crippen LogP contribution in [-0.4, -0.2) is 11.9 Å². The van der Waals surface area contributed by atoms with Gasteiger partial charge in [-0.2, -0.15) is 0 Å². The maximum absolute atomic E-state index is 13.6. The molecular weight excluding hydrogens is 333 g/mol. The van der Waals surface area contributed by atoms with Crippen molar-refractivity contribution in [3.8, 4) is 5.75 Å². The molecule has 0 atom stereocenters. The summed E-state index contributed by atoms with van der Waals surface area (Å²) in [5.41, 5.74) is 1.41. The number of esters is 1. The molecule has 0 aliphatic heterocycles. The van der Waals surface area contributed by atoms with E-state index in [-0.39, 0.29) is 17.9 Å². The zero-order chi connectivity index (χ0) is 18.4. The molecule has 1 amide bonds. The number of amides is 1. The van der Waals surface area contributed by atoms with Crippen molar-refractivity contribution in [2.75, 3.05) is 5.32 Å². The van der Waals surface area contributed by atoms with Crippen molar-refractivity contribution in [1.29, 1.82) is 0 Å². The zero-order valence-electron chi connectivity index (χ0n) is 13.8. The van der Waals surface area contributed by atoms with E-state index in [0.29, 0.717) is 17.0 Å². The Morgan fingerprint density at radius 2 is 1.50 bits per heavy atom. The predicted octanol–water partition coefficient (Wildman–Crippen LogP) is 4.23. The molecule has 3 aromatic rings. The van der Waals surface area contributed by atoms with Crippen LogP contribution in [0.1, 0.15) is 15.9 Å². The van der Waals surface area contributed by atoms with Crippen LogP contribution in [0.4, 0.5) is 10.1 Å². The van der Waals surface area contributed by atoms with Gasteiger partial charge in [-0.1, -0.05) is 36.4 Å². The number of hydrogen-bond acceptors (Lipinski definition) is 3. The van der Waals surface area contributed by atoms with Crippen molar-refractivity contribution < 1.29 is 18.7 Å². The number of anilines is 1. The van der Waals surface area contributed by atoms with E-state index in [9.17, 15) is 14.0 Å². The predicted molar refractivity (Wildman–Crippen MR) is 96.6 cm³/mol. The van der Waals surface area contributed by atoms with Gasteiger partial charge in [0.15, 0.2) is 0 Å². The second-order valence-corrected chi connectivity index (χ2v) is 5.59. The van der Waals surface area contributed by atoms with Crippen molar-refractivity contribution >= 4 is 17.6 Å². The van der Waals surface area contributed by atoms with Crippen LogP contribution in [0, 0.1) is 5.82 Å². The molecule has 0 heterocycles. The fourth-order valence-electron chi connectivity index (χ4n) is 2.36. The average molecular weight is 349 g/mol. The number of nitrogens with one attached hydrogen (secondary N) is 1. The average Bonchev–Trinajstić information content (AvgIpc) is 2.66.